The Hall–Kier alpha value is -4.14. The topological polar surface area (TPSA) is 129 Å². The van der Waals surface area contributed by atoms with Crippen molar-refractivity contribution in [3.05, 3.63) is 71.9 Å². The van der Waals surface area contributed by atoms with Gasteiger partial charge in [0.05, 0.1) is 7.11 Å². The maximum Gasteiger partial charge on any atom is 0.328 e. The third-order valence-corrected chi connectivity index (χ3v) is 6.22. The molecule has 0 spiro atoms. The van der Waals surface area contributed by atoms with E-state index in [-0.39, 0.29) is 24.7 Å². The number of fused-ring (bicyclic) bond motifs is 1. The van der Waals surface area contributed by atoms with Gasteiger partial charge < -0.3 is 25.7 Å². The van der Waals surface area contributed by atoms with Crippen molar-refractivity contribution in [2.24, 2.45) is 5.92 Å². The Kier molecular flexibility index (Phi) is 10.0. The standard InChI is InChI=1S/C29H36N4O5/c1-18(2)14-26(29(37)38-4)33-28(36)25(16-21-17-30-23-13-9-8-12-22(21)23)32-27(35)24(31-19(3)34)15-20-10-6-5-7-11-20/h5-13,17-18,24-26,30H,14-16H2,1-4H3,(H,31,34)(H,32,35)(H,33,36)/t24-,25-,26-/m0/s1. The molecule has 4 N–H and O–H groups in total. The number of para-hydroxylation sites is 1. The predicted molar refractivity (Wildman–Crippen MR) is 145 cm³/mol. The first-order valence-electron chi connectivity index (χ1n) is 12.7. The van der Waals surface area contributed by atoms with Crippen LogP contribution in [0.1, 0.15) is 38.3 Å². The zero-order chi connectivity index (χ0) is 27.7. The van der Waals surface area contributed by atoms with Gasteiger partial charge in [-0.05, 0) is 29.5 Å². The Labute approximate surface area is 222 Å². The van der Waals surface area contributed by atoms with Gasteiger partial charge in [-0.1, -0.05) is 62.4 Å². The second kappa shape index (κ2) is 13.4. The number of hydrogen-bond donors (Lipinski definition) is 4. The smallest absolute Gasteiger partial charge is 0.328 e. The number of H-pyrrole nitrogens is 1. The Morgan fingerprint density at radius 3 is 2.05 bits per heavy atom. The van der Waals surface area contributed by atoms with Crippen LogP contribution in [0.3, 0.4) is 0 Å². The molecule has 0 fully saturated rings. The molecule has 0 aliphatic rings. The fourth-order valence-corrected chi connectivity index (χ4v) is 4.41. The van der Waals surface area contributed by atoms with Crippen molar-refractivity contribution in [1.29, 1.82) is 0 Å². The van der Waals surface area contributed by atoms with Gasteiger partial charge in [0, 0.05) is 36.9 Å². The van der Waals surface area contributed by atoms with Crippen molar-refractivity contribution in [2.75, 3.05) is 7.11 Å². The first-order chi connectivity index (χ1) is 18.2. The van der Waals surface area contributed by atoms with Gasteiger partial charge in [-0.2, -0.15) is 0 Å². The van der Waals surface area contributed by atoms with E-state index in [1.54, 1.807) is 6.20 Å². The molecule has 1 aromatic heterocycles. The van der Waals surface area contributed by atoms with Gasteiger partial charge >= 0.3 is 5.97 Å². The lowest BCUT2D eigenvalue weighted by molar-refractivity contribution is -0.146. The van der Waals surface area contributed by atoms with Gasteiger partial charge in [0.1, 0.15) is 18.1 Å². The summed E-state index contributed by atoms with van der Waals surface area (Å²) in [5.74, 6) is -1.80. The van der Waals surface area contributed by atoms with Crippen LogP contribution in [0.15, 0.2) is 60.8 Å². The van der Waals surface area contributed by atoms with Crippen molar-refractivity contribution in [3.63, 3.8) is 0 Å². The quantitative estimate of drug-likeness (QED) is 0.273. The van der Waals surface area contributed by atoms with E-state index in [1.807, 2.05) is 68.4 Å². The molecular weight excluding hydrogens is 484 g/mol. The zero-order valence-electron chi connectivity index (χ0n) is 22.2. The van der Waals surface area contributed by atoms with Gasteiger partial charge in [-0.3, -0.25) is 14.4 Å². The van der Waals surface area contributed by atoms with E-state index in [9.17, 15) is 19.2 Å². The summed E-state index contributed by atoms with van der Waals surface area (Å²) >= 11 is 0. The molecule has 0 bridgehead atoms. The van der Waals surface area contributed by atoms with E-state index in [1.165, 1.54) is 14.0 Å². The minimum Gasteiger partial charge on any atom is -0.467 e. The summed E-state index contributed by atoms with van der Waals surface area (Å²) in [6, 6.07) is 14.2. The second-order valence-electron chi connectivity index (χ2n) is 9.78. The normalized spacial score (nSPS) is 13.4. The molecule has 9 heteroatoms. The number of carbonyl (C=O) groups is 4. The van der Waals surface area contributed by atoms with Crippen LogP contribution in [0.5, 0.6) is 0 Å². The minimum atomic E-state index is -1.01. The van der Waals surface area contributed by atoms with Crippen molar-refractivity contribution < 1.29 is 23.9 Å². The first-order valence-corrected chi connectivity index (χ1v) is 12.7. The number of aromatic nitrogens is 1. The van der Waals surface area contributed by atoms with Gasteiger partial charge in [-0.15, -0.1) is 0 Å². The lowest BCUT2D eigenvalue weighted by atomic mass is 10.0. The molecule has 0 saturated heterocycles. The molecule has 0 radical (unpaired) electrons. The largest absolute Gasteiger partial charge is 0.467 e. The number of hydrogen-bond acceptors (Lipinski definition) is 5. The Morgan fingerprint density at radius 2 is 1.42 bits per heavy atom. The maximum absolute atomic E-state index is 13.5. The highest BCUT2D eigenvalue weighted by molar-refractivity contribution is 5.94. The molecule has 0 aliphatic heterocycles. The predicted octanol–water partition coefficient (Wildman–Crippen LogP) is 2.65. The highest BCUT2D eigenvalue weighted by atomic mass is 16.5. The molecule has 1 heterocycles. The van der Waals surface area contributed by atoms with Crippen molar-refractivity contribution in [2.45, 2.75) is 58.2 Å². The van der Waals surface area contributed by atoms with E-state index in [0.29, 0.717) is 6.42 Å². The van der Waals surface area contributed by atoms with Gasteiger partial charge in [0.15, 0.2) is 0 Å². The number of benzene rings is 2. The van der Waals surface area contributed by atoms with Crippen molar-refractivity contribution >= 4 is 34.6 Å². The van der Waals surface area contributed by atoms with Crippen LogP contribution < -0.4 is 16.0 Å². The van der Waals surface area contributed by atoms with E-state index in [4.69, 9.17) is 4.74 Å². The minimum absolute atomic E-state index is 0.121. The number of rotatable bonds is 12. The second-order valence-corrected chi connectivity index (χ2v) is 9.78. The summed E-state index contributed by atoms with van der Waals surface area (Å²) in [4.78, 5) is 54.4. The summed E-state index contributed by atoms with van der Waals surface area (Å²) in [6.45, 7) is 5.22. The van der Waals surface area contributed by atoms with Crippen LogP contribution >= 0.6 is 0 Å². The number of carbonyl (C=O) groups excluding carboxylic acids is 4. The van der Waals surface area contributed by atoms with Crippen molar-refractivity contribution in [1.82, 2.24) is 20.9 Å². The molecule has 3 atom stereocenters. The average molecular weight is 521 g/mol. The number of methoxy groups -OCH3 is 1. The average Bonchev–Trinajstić information content (AvgIpc) is 3.29. The number of nitrogens with one attached hydrogen (secondary N) is 4. The van der Waals surface area contributed by atoms with Crippen LogP contribution in [0.4, 0.5) is 0 Å². The highest BCUT2D eigenvalue weighted by Crippen LogP contribution is 2.19. The van der Waals surface area contributed by atoms with Crippen LogP contribution in [-0.2, 0) is 36.8 Å². The lowest BCUT2D eigenvalue weighted by Gasteiger charge is -2.25. The molecule has 0 unspecified atom stereocenters. The first kappa shape index (κ1) is 28.4. The third kappa shape index (κ3) is 7.93. The van der Waals surface area contributed by atoms with E-state index in [2.05, 4.69) is 20.9 Å². The molecule has 2 aromatic carbocycles. The summed E-state index contributed by atoms with van der Waals surface area (Å²) in [7, 11) is 1.27. The molecule has 0 aliphatic carbocycles. The Balaban J connectivity index is 1.88. The van der Waals surface area contributed by atoms with Gasteiger partial charge in [-0.25, -0.2) is 4.79 Å². The summed E-state index contributed by atoms with van der Waals surface area (Å²) in [6.07, 6.45) is 2.62. The van der Waals surface area contributed by atoms with Gasteiger partial charge in [0.25, 0.3) is 0 Å². The molecule has 9 nitrogen and oxygen atoms in total. The van der Waals surface area contributed by atoms with Crippen molar-refractivity contribution in [3.8, 4) is 0 Å². The summed E-state index contributed by atoms with van der Waals surface area (Å²) in [5, 5.41) is 9.22. The Bertz CT molecular complexity index is 1250. The molecule has 38 heavy (non-hydrogen) atoms. The number of ether oxygens (including phenoxy) is 1. The number of esters is 1. The molecule has 3 amide bonds. The fourth-order valence-electron chi connectivity index (χ4n) is 4.41. The molecule has 3 rings (SSSR count). The molecular formula is C29H36N4O5. The van der Waals surface area contributed by atoms with E-state index < -0.39 is 35.9 Å². The SMILES string of the molecule is COC(=O)[C@H](CC(C)C)NC(=O)[C@H](Cc1c[nH]c2ccccc12)NC(=O)[C@H](Cc1ccccc1)NC(C)=O. The maximum atomic E-state index is 13.5. The molecule has 0 saturated carbocycles. The summed E-state index contributed by atoms with van der Waals surface area (Å²) < 4.78 is 4.89. The fraction of sp³-hybridized carbons (Fsp3) is 0.379. The molecule has 3 aromatic rings. The Morgan fingerprint density at radius 1 is 0.816 bits per heavy atom. The number of amides is 3. The number of aromatic amines is 1. The van der Waals surface area contributed by atoms with E-state index in [0.717, 1.165) is 22.0 Å². The summed E-state index contributed by atoms with van der Waals surface area (Å²) in [5.41, 5.74) is 2.60. The highest BCUT2D eigenvalue weighted by Gasteiger charge is 2.31. The molecule has 202 valence electrons. The zero-order valence-corrected chi connectivity index (χ0v) is 22.2. The van der Waals surface area contributed by atoms with E-state index >= 15 is 0 Å². The van der Waals surface area contributed by atoms with Crippen LogP contribution in [0, 0.1) is 5.92 Å². The van der Waals surface area contributed by atoms with Crippen LogP contribution in [0.2, 0.25) is 0 Å². The monoisotopic (exact) mass is 520 g/mol. The lowest BCUT2D eigenvalue weighted by Crippen LogP contribution is -2.57. The third-order valence-electron chi connectivity index (χ3n) is 6.22. The van der Waals surface area contributed by atoms with Gasteiger partial charge in [0.2, 0.25) is 17.7 Å². The van der Waals surface area contributed by atoms with Crippen LogP contribution in [0.25, 0.3) is 10.9 Å². The van der Waals surface area contributed by atoms with Crippen LogP contribution in [-0.4, -0.2) is 53.9 Å².